The summed E-state index contributed by atoms with van der Waals surface area (Å²) in [5.74, 6) is -0.100. The van der Waals surface area contributed by atoms with Crippen LogP contribution >= 0.6 is 11.8 Å². The van der Waals surface area contributed by atoms with E-state index in [9.17, 15) is 10.2 Å². The molecular formula is C12H8Li2O2S. The van der Waals surface area contributed by atoms with Crippen molar-refractivity contribution >= 4 is 11.8 Å². The van der Waals surface area contributed by atoms with Gasteiger partial charge < -0.3 is 10.2 Å². The molecular weight excluding hydrogens is 222 g/mol. The van der Waals surface area contributed by atoms with Crippen molar-refractivity contribution in [2.24, 2.45) is 0 Å². The summed E-state index contributed by atoms with van der Waals surface area (Å²) in [7, 11) is 0. The summed E-state index contributed by atoms with van der Waals surface area (Å²) in [6.07, 6.45) is 0. The molecule has 0 N–H and O–H groups in total. The number of rotatable bonds is 2. The Morgan fingerprint density at radius 3 is 1.35 bits per heavy atom. The maximum Gasteiger partial charge on any atom is 1.00 e. The molecule has 17 heavy (non-hydrogen) atoms. The molecule has 2 nitrogen and oxygen atoms in total. The first-order chi connectivity index (χ1) is 7.27. The number of hydrogen-bond donors (Lipinski definition) is 0. The molecule has 0 unspecified atom stereocenters. The molecule has 0 bridgehead atoms. The molecule has 2 aromatic carbocycles. The number of para-hydroxylation sites is 2. The smallest absolute Gasteiger partial charge is 0.872 e. The van der Waals surface area contributed by atoms with Crippen LogP contribution in [-0.2, 0) is 0 Å². The van der Waals surface area contributed by atoms with Gasteiger partial charge in [-0.15, -0.1) is 0 Å². The van der Waals surface area contributed by atoms with Crippen molar-refractivity contribution in [3.8, 4) is 11.5 Å². The fourth-order valence-corrected chi connectivity index (χ4v) is 2.05. The van der Waals surface area contributed by atoms with E-state index in [1.54, 1.807) is 36.4 Å². The van der Waals surface area contributed by atoms with Gasteiger partial charge >= 0.3 is 37.7 Å². The molecule has 0 atom stereocenters. The zero-order valence-electron chi connectivity index (χ0n) is 9.84. The quantitative estimate of drug-likeness (QED) is 0.494. The van der Waals surface area contributed by atoms with Crippen molar-refractivity contribution in [1.82, 2.24) is 0 Å². The first-order valence-corrected chi connectivity index (χ1v) is 5.29. The average molecular weight is 230 g/mol. The molecule has 0 amide bonds. The molecule has 0 heterocycles. The Balaban J connectivity index is 0.00000128. The van der Waals surface area contributed by atoms with Crippen LogP contribution < -0.4 is 47.9 Å². The van der Waals surface area contributed by atoms with Crippen molar-refractivity contribution < 1.29 is 47.9 Å². The summed E-state index contributed by atoms with van der Waals surface area (Å²) < 4.78 is 0. The molecule has 0 radical (unpaired) electrons. The summed E-state index contributed by atoms with van der Waals surface area (Å²) in [5.41, 5.74) is 0. The van der Waals surface area contributed by atoms with Crippen molar-refractivity contribution in [3.63, 3.8) is 0 Å². The standard InChI is InChI=1S/C12H10O2S.2Li/c13-9-5-1-3-7-11(9)15-12-8-4-2-6-10(12)14;;/h1-8,13-14H;;/q;2*+1/p-2. The molecule has 0 aliphatic heterocycles. The SMILES string of the molecule is [Li+].[Li+].[O-]c1ccccc1Sc1ccccc1[O-]. The van der Waals surface area contributed by atoms with Crippen LogP contribution in [0.25, 0.3) is 0 Å². The van der Waals surface area contributed by atoms with E-state index in [-0.39, 0.29) is 49.2 Å². The number of hydrogen-bond acceptors (Lipinski definition) is 3. The van der Waals surface area contributed by atoms with E-state index in [0.29, 0.717) is 9.79 Å². The van der Waals surface area contributed by atoms with Crippen LogP contribution in [0.4, 0.5) is 0 Å². The van der Waals surface area contributed by atoms with Crippen molar-refractivity contribution in [3.05, 3.63) is 48.5 Å². The third-order valence-electron chi connectivity index (χ3n) is 1.92. The number of benzene rings is 2. The normalized spacial score (nSPS) is 8.94. The predicted molar refractivity (Wildman–Crippen MR) is 55.9 cm³/mol. The zero-order valence-corrected chi connectivity index (χ0v) is 10.7. The zero-order chi connectivity index (χ0) is 10.7. The van der Waals surface area contributed by atoms with E-state index in [4.69, 9.17) is 0 Å². The van der Waals surface area contributed by atoms with E-state index in [1.807, 2.05) is 0 Å². The van der Waals surface area contributed by atoms with Crippen LogP contribution in [0.3, 0.4) is 0 Å². The Hall–Kier alpha value is -0.415. The Morgan fingerprint density at radius 2 is 1.00 bits per heavy atom. The molecule has 0 aliphatic carbocycles. The summed E-state index contributed by atoms with van der Waals surface area (Å²) in [6, 6.07) is 13.4. The molecule has 2 rings (SSSR count). The van der Waals surface area contributed by atoms with Gasteiger partial charge in [-0.05, 0) is 12.1 Å². The minimum absolute atomic E-state index is 0. The van der Waals surface area contributed by atoms with E-state index < -0.39 is 0 Å². The minimum Gasteiger partial charge on any atom is -0.872 e. The summed E-state index contributed by atoms with van der Waals surface area (Å²) in [4.78, 5) is 1.17. The molecule has 2 aromatic rings. The molecule has 0 saturated carbocycles. The second kappa shape index (κ2) is 7.82. The summed E-state index contributed by atoms with van der Waals surface area (Å²) in [6.45, 7) is 0. The van der Waals surface area contributed by atoms with Crippen LogP contribution in [0.2, 0.25) is 0 Å². The van der Waals surface area contributed by atoms with Gasteiger partial charge in [0, 0.05) is 9.79 Å². The van der Waals surface area contributed by atoms with E-state index >= 15 is 0 Å². The average Bonchev–Trinajstić information content (AvgIpc) is 2.24. The Morgan fingerprint density at radius 1 is 0.647 bits per heavy atom. The van der Waals surface area contributed by atoms with Crippen LogP contribution in [0.1, 0.15) is 0 Å². The van der Waals surface area contributed by atoms with Gasteiger partial charge in [-0.1, -0.05) is 59.7 Å². The van der Waals surface area contributed by atoms with Gasteiger partial charge in [0.2, 0.25) is 0 Å². The summed E-state index contributed by atoms with van der Waals surface area (Å²) in [5, 5.41) is 22.8. The molecule has 0 aliphatic rings. The Kier molecular flexibility index (Phi) is 7.63. The molecule has 0 aromatic heterocycles. The van der Waals surface area contributed by atoms with Crippen molar-refractivity contribution in [1.29, 1.82) is 0 Å². The molecule has 0 saturated heterocycles. The molecule has 0 spiro atoms. The van der Waals surface area contributed by atoms with Gasteiger partial charge in [-0.2, -0.15) is 0 Å². The van der Waals surface area contributed by atoms with Gasteiger partial charge in [0.25, 0.3) is 0 Å². The molecule has 76 valence electrons. The van der Waals surface area contributed by atoms with Gasteiger partial charge in [0.15, 0.2) is 0 Å². The predicted octanol–water partition coefficient (Wildman–Crippen LogP) is -4.01. The Bertz CT molecular complexity index is 434. The van der Waals surface area contributed by atoms with Crippen LogP contribution in [0.15, 0.2) is 58.3 Å². The van der Waals surface area contributed by atoms with Gasteiger partial charge in [-0.25, -0.2) is 0 Å². The van der Waals surface area contributed by atoms with Crippen molar-refractivity contribution in [2.45, 2.75) is 9.79 Å². The monoisotopic (exact) mass is 230 g/mol. The maximum absolute atomic E-state index is 11.4. The fourth-order valence-electron chi connectivity index (χ4n) is 1.19. The van der Waals surface area contributed by atoms with Crippen LogP contribution in [0, 0.1) is 0 Å². The van der Waals surface area contributed by atoms with Gasteiger partial charge in [0.1, 0.15) is 0 Å². The van der Waals surface area contributed by atoms with Gasteiger partial charge in [-0.3, -0.25) is 0 Å². The molecule has 0 fully saturated rings. The second-order valence-corrected chi connectivity index (χ2v) is 4.08. The van der Waals surface area contributed by atoms with E-state index in [0.717, 1.165) is 0 Å². The van der Waals surface area contributed by atoms with Crippen LogP contribution in [-0.4, -0.2) is 0 Å². The van der Waals surface area contributed by atoms with Crippen molar-refractivity contribution in [2.75, 3.05) is 0 Å². The second-order valence-electron chi connectivity index (χ2n) is 3.00. The first-order valence-electron chi connectivity index (χ1n) is 4.47. The minimum atomic E-state index is -0.0502. The van der Waals surface area contributed by atoms with E-state index in [1.165, 1.54) is 23.9 Å². The first kappa shape index (κ1) is 16.6. The fraction of sp³-hybridized carbons (Fsp3) is 0. The third kappa shape index (κ3) is 4.39. The topological polar surface area (TPSA) is 46.1 Å². The van der Waals surface area contributed by atoms with Crippen LogP contribution in [0.5, 0.6) is 11.5 Å². The third-order valence-corrected chi connectivity index (χ3v) is 3.03. The Labute approximate surface area is 129 Å². The maximum atomic E-state index is 11.4. The van der Waals surface area contributed by atoms with Gasteiger partial charge in [0.05, 0.1) is 0 Å². The van der Waals surface area contributed by atoms with E-state index in [2.05, 4.69) is 0 Å². The molecule has 5 heteroatoms. The largest absolute Gasteiger partial charge is 1.00 e. The summed E-state index contributed by atoms with van der Waals surface area (Å²) >= 11 is 1.22.